The Morgan fingerprint density at radius 1 is 1.50 bits per heavy atom. The topological polar surface area (TPSA) is 92.5 Å². The van der Waals surface area contributed by atoms with Gasteiger partial charge in [-0.3, -0.25) is 4.79 Å². The van der Waals surface area contributed by atoms with Gasteiger partial charge in [0.15, 0.2) is 0 Å². The summed E-state index contributed by atoms with van der Waals surface area (Å²) in [4.78, 5) is 12.9. The van der Waals surface area contributed by atoms with Gasteiger partial charge in [0.1, 0.15) is 4.21 Å². The monoisotopic (exact) mass is 367 g/mol. The molecule has 1 aromatic heterocycles. The van der Waals surface area contributed by atoms with E-state index in [2.05, 4.69) is 5.32 Å². The highest BCUT2D eigenvalue weighted by Gasteiger charge is 2.33. The summed E-state index contributed by atoms with van der Waals surface area (Å²) in [5.74, 6) is -0.399. The summed E-state index contributed by atoms with van der Waals surface area (Å²) in [6, 6.07) is 3.43. The summed E-state index contributed by atoms with van der Waals surface area (Å²) < 4.78 is 26.9. The Morgan fingerprint density at radius 2 is 2.23 bits per heavy atom. The predicted octanol–water partition coefficient (Wildman–Crippen LogP) is 0.954. The average Bonchev–Trinajstić information content (AvgIpc) is 2.92. The fraction of sp³-hybridized carbons (Fsp3) is 0.615. The Balaban J connectivity index is 0.00000242. The van der Waals surface area contributed by atoms with Gasteiger partial charge in [-0.15, -0.1) is 23.7 Å². The van der Waals surface area contributed by atoms with Crippen LogP contribution in [-0.2, 0) is 14.8 Å². The van der Waals surface area contributed by atoms with Crippen molar-refractivity contribution in [2.24, 2.45) is 11.7 Å². The number of piperidine rings is 1. The molecule has 1 aliphatic rings. The first-order valence-corrected chi connectivity index (χ1v) is 9.25. The first-order chi connectivity index (χ1) is 9.95. The average molecular weight is 368 g/mol. The molecule has 0 spiro atoms. The van der Waals surface area contributed by atoms with E-state index in [1.165, 1.54) is 15.6 Å². The summed E-state index contributed by atoms with van der Waals surface area (Å²) in [7, 11) is -3.48. The quantitative estimate of drug-likeness (QED) is 0.810. The van der Waals surface area contributed by atoms with Crippen LogP contribution >= 0.6 is 23.7 Å². The van der Waals surface area contributed by atoms with Crippen LogP contribution in [0.5, 0.6) is 0 Å². The zero-order valence-electron chi connectivity index (χ0n) is 12.4. The molecule has 0 radical (unpaired) electrons. The van der Waals surface area contributed by atoms with Crippen LogP contribution in [-0.4, -0.2) is 44.8 Å². The lowest BCUT2D eigenvalue weighted by Crippen LogP contribution is -2.45. The molecule has 1 aromatic rings. The van der Waals surface area contributed by atoms with Gasteiger partial charge in [0.25, 0.3) is 10.0 Å². The number of nitrogens with two attached hydrogens (primary N) is 1. The largest absolute Gasteiger partial charge is 0.355 e. The molecule has 1 fully saturated rings. The summed E-state index contributed by atoms with van der Waals surface area (Å²) in [6.45, 7) is 3.40. The van der Waals surface area contributed by atoms with Gasteiger partial charge in [-0.25, -0.2) is 8.42 Å². The second-order valence-electron chi connectivity index (χ2n) is 5.15. The minimum absolute atomic E-state index is 0. The van der Waals surface area contributed by atoms with Gasteiger partial charge in [-0.2, -0.15) is 4.31 Å². The molecule has 1 amide bonds. The molecule has 2 rings (SSSR count). The van der Waals surface area contributed by atoms with Crippen LogP contribution in [0.25, 0.3) is 0 Å². The maximum absolute atomic E-state index is 12.6. The second kappa shape index (κ2) is 8.26. The van der Waals surface area contributed by atoms with Crippen LogP contribution in [0.3, 0.4) is 0 Å². The first kappa shape index (κ1) is 19.4. The third-order valence-electron chi connectivity index (χ3n) is 3.51. The van der Waals surface area contributed by atoms with Gasteiger partial charge >= 0.3 is 0 Å². The molecule has 1 atom stereocenters. The number of rotatable bonds is 5. The summed E-state index contributed by atoms with van der Waals surface area (Å²) in [6.07, 6.45) is 1.41. The van der Waals surface area contributed by atoms with Crippen LogP contribution < -0.4 is 11.1 Å². The van der Waals surface area contributed by atoms with Crippen molar-refractivity contribution in [3.8, 4) is 0 Å². The van der Waals surface area contributed by atoms with Crippen molar-refractivity contribution in [2.75, 3.05) is 26.2 Å². The highest BCUT2D eigenvalue weighted by Crippen LogP contribution is 2.28. The van der Waals surface area contributed by atoms with E-state index in [-0.39, 0.29) is 30.8 Å². The highest BCUT2D eigenvalue weighted by atomic mass is 35.5. The van der Waals surface area contributed by atoms with Crippen LogP contribution in [0, 0.1) is 12.8 Å². The molecule has 1 unspecified atom stereocenters. The normalized spacial score (nSPS) is 19.5. The van der Waals surface area contributed by atoms with Gasteiger partial charge in [0, 0.05) is 31.1 Å². The van der Waals surface area contributed by atoms with Gasteiger partial charge < -0.3 is 11.1 Å². The third kappa shape index (κ3) is 4.42. The molecule has 0 aliphatic carbocycles. The third-order valence-corrected chi connectivity index (χ3v) is 6.84. The molecule has 3 N–H and O–H groups in total. The maximum atomic E-state index is 12.6. The van der Waals surface area contributed by atoms with Crippen molar-refractivity contribution in [1.82, 2.24) is 9.62 Å². The van der Waals surface area contributed by atoms with Crippen molar-refractivity contribution in [2.45, 2.75) is 24.0 Å². The van der Waals surface area contributed by atoms with Crippen molar-refractivity contribution in [3.63, 3.8) is 0 Å². The number of halogens is 1. The summed E-state index contributed by atoms with van der Waals surface area (Å²) in [5.41, 5.74) is 5.36. The number of amides is 1. The molecule has 0 aromatic carbocycles. The number of hydrogen-bond acceptors (Lipinski definition) is 5. The van der Waals surface area contributed by atoms with Gasteiger partial charge in [-0.1, -0.05) is 0 Å². The van der Waals surface area contributed by atoms with Crippen molar-refractivity contribution in [3.05, 3.63) is 17.0 Å². The Kier molecular flexibility index (Phi) is 7.27. The number of nitrogens with zero attached hydrogens (tertiary/aromatic N) is 1. The van der Waals surface area contributed by atoms with Crippen LogP contribution in [0.4, 0.5) is 0 Å². The number of thiophene rings is 1. The predicted molar refractivity (Wildman–Crippen MR) is 89.9 cm³/mol. The van der Waals surface area contributed by atoms with E-state index >= 15 is 0 Å². The summed E-state index contributed by atoms with van der Waals surface area (Å²) in [5, 5.41) is 2.74. The van der Waals surface area contributed by atoms with Gasteiger partial charge in [-0.05, 0) is 31.9 Å². The van der Waals surface area contributed by atoms with E-state index in [1.807, 2.05) is 6.92 Å². The Hall–Kier alpha value is -0.670. The molecule has 1 aliphatic heterocycles. The number of carbonyl (C=O) groups excluding carboxylic acids is 1. The van der Waals surface area contributed by atoms with E-state index in [0.717, 1.165) is 4.88 Å². The highest BCUT2D eigenvalue weighted by molar-refractivity contribution is 7.91. The smallest absolute Gasteiger partial charge is 0.252 e. The Morgan fingerprint density at radius 3 is 2.82 bits per heavy atom. The van der Waals surface area contributed by atoms with Crippen molar-refractivity contribution < 1.29 is 13.2 Å². The molecule has 126 valence electrons. The minimum Gasteiger partial charge on any atom is -0.355 e. The lowest BCUT2D eigenvalue weighted by molar-refractivity contribution is -0.126. The van der Waals surface area contributed by atoms with E-state index in [4.69, 9.17) is 5.73 Å². The molecule has 1 saturated heterocycles. The number of carbonyl (C=O) groups is 1. The SMILES string of the molecule is Cc1ccc(S(=O)(=O)N2CCCC(C(=O)NCCN)C2)s1.Cl. The maximum Gasteiger partial charge on any atom is 0.252 e. The summed E-state index contributed by atoms with van der Waals surface area (Å²) >= 11 is 1.27. The number of hydrogen-bond donors (Lipinski definition) is 2. The number of aryl methyl sites for hydroxylation is 1. The minimum atomic E-state index is -3.48. The lowest BCUT2D eigenvalue weighted by Gasteiger charge is -2.30. The zero-order chi connectivity index (χ0) is 15.5. The van der Waals surface area contributed by atoms with Crippen LogP contribution in [0.2, 0.25) is 0 Å². The molecule has 9 heteroatoms. The molecular weight excluding hydrogens is 346 g/mol. The van der Waals surface area contributed by atoms with E-state index in [9.17, 15) is 13.2 Å². The van der Waals surface area contributed by atoms with E-state index < -0.39 is 10.0 Å². The fourth-order valence-electron chi connectivity index (χ4n) is 2.39. The zero-order valence-corrected chi connectivity index (χ0v) is 14.9. The molecule has 0 saturated carbocycles. The van der Waals surface area contributed by atoms with Crippen LogP contribution in [0.15, 0.2) is 16.3 Å². The first-order valence-electron chi connectivity index (χ1n) is 6.99. The molecule has 22 heavy (non-hydrogen) atoms. The van der Waals surface area contributed by atoms with Crippen LogP contribution in [0.1, 0.15) is 17.7 Å². The molecule has 6 nitrogen and oxygen atoms in total. The van der Waals surface area contributed by atoms with Gasteiger partial charge in [0.05, 0.1) is 5.92 Å². The van der Waals surface area contributed by atoms with E-state index in [1.54, 1.807) is 12.1 Å². The second-order valence-corrected chi connectivity index (χ2v) is 8.60. The molecular formula is C13H22ClN3O3S2. The van der Waals surface area contributed by atoms with Gasteiger partial charge in [0.2, 0.25) is 5.91 Å². The standard InChI is InChI=1S/C13H21N3O3S2.ClH/c1-10-4-5-12(20-10)21(18,19)16-8-2-3-11(9-16)13(17)15-7-6-14;/h4-5,11H,2-3,6-9,14H2,1H3,(H,15,17);1H. The van der Waals surface area contributed by atoms with Crippen molar-refractivity contribution in [1.29, 1.82) is 0 Å². The molecule has 0 bridgehead atoms. The number of nitrogens with one attached hydrogen (secondary N) is 1. The Labute approximate surface area is 141 Å². The fourth-order valence-corrected chi connectivity index (χ4v) is 5.35. The van der Waals surface area contributed by atoms with E-state index in [0.29, 0.717) is 36.7 Å². The van der Waals surface area contributed by atoms with Crippen molar-refractivity contribution >= 4 is 39.7 Å². The Bertz CT molecular complexity index is 603. The number of sulfonamides is 1. The lowest BCUT2D eigenvalue weighted by atomic mass is 9.99. The molecule has 2 heterocycles.